The summed E-state index contributed by atoms with van der Waals surface area (Å²) >= 11 is 3.33. The Morgan fingerprint density at radius 1 is 1.47 bits per heavy atom. The fraction of sp³-hybridized carbons (Fsp3) is 0.455. The standard InChI is InChI=1S/C9H11BrN4O.C2H6/c1-6-5-12-9-7(11-2-3-15)4-8(10)13-14(6)9;1-2/h4-5,11,15H,2-3H2,1H3;1-2H3. The van der Waals surface area contributed by atoms with Crippen LogP contribution in [0.1, 0.15) is 19.5 Å². The second-order valence-electron chi connectivity index (χ2n) is 3.17. The van der Waals surface area contributed by atoms with E-state index in [1.165, 1.54) is 0 Å². The monoisotopic (exact) mass is 300 g/mol. The molecule has 0 bridgehead atoms. The van der Waals surface area contributed by atoms with Crippen molar-refractivity contribution in [2.24, 2.45) is 0 Å². The smallest absolute Gasteiger partial charge is 0.177 e. The van der Waals surface area contributed by atoms with Crippen LogP contribution in [-0.4, -0.2) is 32.9 Å². The molecule has 0 aliphatic carbocycles. The van der Waals surface area contributed by atoms with Crippen LogP contribution in [0.25, 0.3) is 5.65 Å². The number of aromatic nitrogens is 3. The molecule has 0 unspecified atom stereocenters. The van der Waals surface area contributed by atoms with E-state index in [-0.39, 0.29) is 6.61 Å². The Bertz CT molecular complexity index is 484. The minimum atomic E-state index is 0.0891. The molecule has 94 valence electrons. The third kappa shape index (κ3) is 3.17. The van der Waals surface area contributed by atoms with Crippen molar-refractivity contribution in [3.05, 3.63) is 22.6 Å². The van der Waals surface area contributed by atoms with Gasteiger partial charge in [0.05, 0.1) is 24.2 Å². The number of aliphatic hydroxyl groups is 1. The van der Waals surface area contributed by atoms with Crippen LogP contribution < -0.4 is 5.32 Å². The number of hydrogen-bond donors (Lipinski definition) is 2. The second-order valence-corrected chi connectivity index (χ2v) is 3.98. The Morgan fingerprint density at radius 3 is 2.82 bits per heavy atom. The lowest BCUT2D eigenvalue weighted by Crippen LogP contribution is -2.08. The van der Waals surface area contributed by atoms with E-state index >= 15 is 0 Å². The molecular formula is C11H17BrN4O. The molecule has 0 aliphatic rings. The third-order valence-electron chi connectivity index (χ3n) is 2.04. The fourth-order valence-corrected chi connectivity index (χ4v) is 1.76. The molecule has 0 spiro atoms. The van der Waals surface area contributed by atoms with Gasteiger partial charge < -0.3 is 10.4 Å². The van der Waals surface area contributed by atoms with Gasteiger partial charge in [-0.1, -0.05) is 13.8 Å². The predicted molar refractivity (Wildman–Crippen MR) is 72.3 cm³/mol. The average molecular weight is 301 g/mol. The Balaban J connectivity index is 0.000000686. The first-order valence-corrected chi connectivity index (χ1v) is 6.37. The van der Waals surface area contributed by atoms with E-state index in [1.807, 2.05) is 26.8 Å². The molecule has 0 amide bonds. The second kappa shape index (κ2) is 6.56. The maximum absolute atomic E-state index is 8.76. The molecule has 17 heavy (non-hydrogen) atoms. The van der Waals surface area contributed by atoms with Crippen LogP contribution in [0.15, 0.2) is 16.9 Å². The molecule has 5 nitrogen and oxygen atoms in total. The molecule has 0 radical (unpaired) electrons. The highest BCUT2D eigenvalue weighted by Gasteiger charge is 2.07. The highest BCUT2D eigenvalue weighted by Crippen LogP contribution is 2.19. The largest absolute Gasteiger partial charge is 0.395 e. The van der Waals surface area contributed by atoms with Crippen LogP contribution in [0.3, 0.4) is 0 Å². The maximum atomic E-state index is 8.76. The van der Waals surface area contributed by atoms with Crippen molar-refractivity contribution in [2.75, 3.05) is 18.5 Å². The average Bonchev–Trinajstić information content (AvgIpc) is 2.71. The number of nitrogens with one attached hydrogen (secondary N) is 1. The van der Waals surface area contributed by atoms with Gasteiger partial charge in [0.15, 0.2) is 5.65 Å². The zero-order valence-electron chi connectivity index (χ0n) is 10.2. The predicted octanol–water partition coefficient (Wildman–Crippen LogP) is 2.23. The highest BCUT2D eigenvalue weighted by atomic mass is 79.9. The van der Waals surface area contributed by atoms with Crippen molar-refractivity contribution in [1.82, 2.24) is 14.6 Å². The van der Waals surface area contributed by atoms with Gasteiger partial charge >= 0.3 is 0 Å². The molecule has 2 N–H and O–H groups in total. The van der Waals surface area contributed by atoms with Crippen molar-refractivity contribution in [1.29, 1.82) is 0 Å². The summed E-state index contributed by atoms with van der Waals surface area (Å²) in [7, 11) is 0. The SMILES string of the molecule is CC.Cc1cnc2c(NCCO)cc(Br)nn12. The Morgan fingerprint density at radius 2 is 2.18 bits per heavy atom. The van der Waals surface area contributed by atoms with E-state index in [0.29, 0.717) is 6.54 Å². The molecule has 0 aliphatic heterocycles. The third-order valence-corrected chi connectivity index (χ3v) is 2.42. The van der Waals surface area contributed by atoms with E-state index < -0.39 is 0 Å². The van der Waals surface area contributed by atoms with Gasteiger partial charge in [-0.05, 0) is 28.9 Å². The minimum Gasteiger partial charge on any atom is -0.395 e. The van der Waals surface area contributed by atoms with E-state index in [0.717, 1.165) is 21.6 Å². The van der Waals surface area contributed by atoms with Crippen LogP contribution in [0.5, 0.6) is 0 Å². The molecule has 0 saturated carbocycles. The first kappa shape index (κ1) is 13.9. The Hall–Kier alpha value is -1.14. The molecule has 0 atom stereocenters. The van der Waals surface area contributed by atoms with E-state index in [4.69, 9.17) is 5.11 Å². The quantitative estimate of drug-likeness (QED) is 0.912. The van der Waals surface area contributed by atoms with Gasteiger partial charge in [0.2, 0.25) is 0 Å². The zero-order chi connectivity index (χ0) is 12.8. The first-order valence-electron chi connectivity index (χ1n) is 5.58. The molecular weight excluding hydrogens is 284 g/mol. The lowest BCUT2D eigenvalue weighted by atomic mass is 10.4. The number of nitrogens with zero attached hydrogens (tertiary/aromatic N) is 3. The number of aliphatic hydroxyl groups excluding tert-OH is 1. The van der Waals surface area contributed by atoms with Gasteiger partial charge in [0.1, 0.15) is 4.60 Å². The number of anilines is 1. The summed E-state index contributed by atoms with van der Waals surface area (Å²) in [4.78, 5) is 4.25. The van der Waals surface area contributed by atoms with Gasteiger partial charge in [-0.25, -0.2) is 9.50 Å². The number of rotatable bonds is 3. The summed E-state index contributed by atoms with van der Waals surface area (Å²) in [5.41, 5.74) is 2.60. The fourth-order valence-electron chi connectivity index (χ4n) is 1.37. The van der Waals surface area contributed by atoms with Gasteiger partial charge in [-0.15, -0.1) is 0 Å². The van der Waals surface area contributed by atoms with Crippen molar-refractivity contribution < 1.29 is 5.11 Å². The van der Waals surface area contributed by atoms with Gasteiger partial charge in [0.25, 0.3) is 0 Å². The first-order chi connectivity index (χ1) is 8.22. The lowest BCUT2D eigenvalue weighted by molar-refractivity contribution is 0.311. The van der Waals surface area contributed by atoms with Crippen LogP contribution in [0.2, 0.25) is 0 Å². The summed E-state index contributed by atoms with van der Waals surface area (Å²) in [5.74, 6) is 0. The summed E-state index contributed by atoms with van der Waals surface area (Å²) in [6.45, 7) is 6.53. The van der Waals surface area contributed by atoms with Crippen LogP contribution in [0, 0.1) is 6.92 Å². The molecule has 6 heteroatoms. The van der Waals surface area contributed by atoms with Crippen molar-refractivity contribution >= 4 is 27.3 Å². The zero-order valence-corrected chi connectivity index (χ0v) is 11.8. The Labute approximate surface area is 109 Å². The summed E-state index contributed by atoms with van der Waals surface area (Å²) in [5, 5.41) is 16.1. The molecule has 0 fully saturated rings. The molecule has 2 heterocycles. The van der Waals surface area contributed by atoms with Crippen LogP contribution in [-0.2, 0) is 0 Å². The van der Waals surface area contributed by atoms with Crippen molar-refractivity contribution in [2.45, 2.75) is 20.8 Å². The molecule has 0 aromatic carbocycles. The number of imidazole rings is 1. The Kier molecular flexibility index (Phi) is 5.37. The highest BCUT2D eigenvalue weighted by molar-refractivity contribution is 9.10. The lowest BCUT2D eigenvalue weighted by Gasteiger charge is -2.06. The van der Waals surface area contributed by atoms with E-state index in [9.17, 15) is 0 Å². The molecule has 2 aromatic heterocycles. The summed E-state index contributed by atoms with van der Waals surface area (Å²) < 4.78 is 2.49. The van der Waals surface area contributed by atoms with E-state index in [1.54, 1.807) is 10.7 Å². The molecule has 0 saturated heterocycles. The van der Waals surface area contributed by atoms with Gasteiger partial charge in [-0.2, -0.15) is 5.10 Å². The van der Waals surface area contributed by atoms with E-state index in [2.05, 4.69) is 31.3 Å². The minimum absolute atomic E-state index is 0.0891. The molecule has 2 rings (SSSR count). The number of aryl methyl sites for hydroxylation is 1. The number of halogens is 1. The van der Waals surface area contributed by atoms with Gasteiger partial charge in [-0.3, -0.25) is 0 Å². The maximum Gasteiger partial charge on any atom is 0.177 e. The summed E-state index contributed by atoms with van der Waals surface area (Å²) in [6.07, 6.45) is 1.76. The number of hydrogen-bond acceptors (Lipinski definition) is 4. The normalized spacial score (nSPS) is 9.94. The molecule has 2 aromatic rings. The van der Waals surface area contributed by atoms with Crippen molar-refractivity contribution in [3.8, 4) is 0 Å². The number of fused-ring (bicyclic) bond motifs is 1. The summed E-state index contributed by atoms with van der Waals surface area (Å²) in [6, 6.07) is 1.84. The van der Waals surface area contributed by atoms with Crippen LogP contribution in [0.4, 0.5) is 5.69 Å². The topological polar surface area (TPSA) is 62.5 Å². The van der Waals surface area contributed by atoms with Gasteiger partial charge in [0, 0.05) is 6.54 Å². The van der Waals surface area contributed by atoms with Crippen molar-refractivity contribution in [3.63, 3.8) is 0 Å². The van der Waals surface area contributed by atoms with Crippen LogP contribution >= 0.6 is 15.9 Å².